The summed E-state index contributed by atoms with van der Waals surface area (Å²) in [6.45, 7) is 4.31. The van der Waals surface area contributed by atoms with Crippen molar-refractivity contribution in [1.82, 2.24) is 14.7 Å². The van der Waals surface area contributed by atoms with Crippen LogP contribution in [-0.2, 0) is 21.2 Å². The van der Waals surface area contributed by atoms with Crippen molar-refractivity contribution in [2.24, 2.45) is 0 Å². The van der Waals surface area contributed by atoms with Crippen molar-refractivity contribution >= 4 is 21.4 Å². The summed E-state index contributed by atoms with van der Waals surface area (Å²) >= 11 is 0. The van der Waals surface area contributed by atoms with E-state index in [2.05, 4.69) is 10.4 Å². The molecule has 1 saturated heterocycles. The second kappa shape index (κ2) is 9.68. The lowest BCUT2D eigenvalue weighted by Gasteiger charge is -2.28. The number of sulfone groups is 1. The van der Waals surface area contributed by atoms with Crippen LogP contribution in [-0.4, -0.2) is 47.6 Å². The summed E-state index contributed by atoms with van der Waals surface area (Å²) in [7, 11) is -1.15. The minimum Gasteiger partial charge on any atom is -0.324 e. The van der Waals surface area contributed by atoms with E-state index in [9.17, 15) is 17.6 Å². The van der Waals surface area contributed by atoms with Gasteiger partial charge in [-0.2, -0.15) is 5.10 Å². The number of halogens is 1. The Morgan fingerprint density at radius 1 is 1.18 bits per heavy atom. The van der Waals surface area contributed by atoms with Crippen molar-refractivity contribution in [3.05, 3.63) is 82.9 Å². The summed E-state index contributed by atoms with van der Waals surface area (Å²) in [5.41, 5.74) is 4.05. The highest BCUT2D eigenvalue weighted by Crippen LogP contribution is 2.29. The largest absolute Gasteiger partial charge is 0.324 e. The fourth-order valence-electron chi connectivity index (χ4n) is 4.58. The highest BCUT2D eigenvalue weighted by molar-refractivity contribution is 7.91. The molecule has 0 radical (unpaired) electrons. The van der Waals surface area contributed by atoms with Crippen LogP contribution in [0.25, 0.3) is 0 Å². The monoisotopic (exact) mass is 484 g/mol. The molecule has 2 aromatic carbocycles. The topological polar surface area (TPSA) is 84.3 Å². The van der Waals surface area contributed by atoms with Crippen LogP contribution in [0, 0.1) is 19.7 Å². The van der Waals surface area contributed by atoms with Gasteiger partial charge in [0.25, 0.3) is 0 Å². The number of likely N-dealkylation sites (N-methyl/N-ethyl adjacent to an activating group) is 1. The van der Waals surface area contributed by atoms with E-state index < -0.39 is 15.9 Å². The van der Waals surface area contributed by atoms with Gasteiger partial charge in [-0.25, -0.2) is 12.8 Å². The first-order valence-electron chi connectivity index (χ1n) is 11.2. The van der Waals surface area contributed by atoms with Gasteiger partial charge in [0.05, 0.1) is 23.2 Å². The maximum absolute atomic E-state index is 13.4. The lowest BCUT2D eigenvalue weighted by molar-refractivity contribution is -0.121. The number of carbonyl (C=O) groups is 1. The Morgan fingerprint density at radius 2 is 1.85 bits per heavy atom. The quantitative estimate of drug-likeness (QED) is 0.551. The molecule has 34 heavy (non-hydrogen) atoms. The Morgan fingerprint density at radius 3 is 2.47 bits per heavy atom. The van der Waals surface area contributed by atoms with E-state index in [1.807, 2.05) is 60.8 Å². The second-order valence-corrected chi connectivity index (χ2v) is 11.1. The highest BCUT2D eigenvalue weighted by atomic mass is 32.2. The van der Waals surface area contributed by atoms with Crippen LogP contribution in [0.1, 0.15) is 41.0 Å². The molecular formula is C25H29FN4O3S. The third-order valence-electron chi connectivity index (χ3n) is 6.35. The van der Waals surface area contributed by atoms with Gasteiger partial charge in [-0.05, 0) is 57.1 Å². The fourth-order valence-corrected chi connectivity index (χ4v) is 6.27. The summed E-state index contributed by atoms with van der Waals surface area (Å²) in [4.78, 5) is 15.3. The predicted molar refractivity (Wildman–Crippen MR) is 130 cm³/mol. The van der Waals surface area contributed by atoms with Gasteiger partial charge in [-0.3, -0.25) is 14.4 Å². The SMILES string of the molecule is Cc1nn([C@@H]2CCS(=O)(=O)C2)c(C)c1CN(C)[C@@H](C(=O)Nc1ccc(F)cc1)c1ccccc1. The number of hydrogen-bond donors (Lipinski definition) is 1. The molecule has 1 aliphatic heterocycles. The van der Waals surface area contributed by atoms with Crippen LogP contribution in [0.3, 0.4) is 0 Å². The van der Waals surface area contributed by atoms with Crippen molar-refractivity contribution in [3.8, 4) is 0 Å². The summed E-state index contributed by atoms with van der Waals surface area (Å²) in [5.74, 6) is -0.306. The van der Waals surface area contributed by atoms with Crippen molar-refractivity contribution in [2.75, 3.05) is 23.9 Å². The van der Waals surface area contributed by atoms with Crippen molar-refractivity contribution in [1.29, 1.82) is 0 Å². The number of aryl methyl sites for hydroxylation is 1. The molecule has 2 heterocycles. The molecule has 0 aliphatic carbocycles. The number of nitrogens with one attached hydrogen (secondary N) is 1. The van der Waals surface area contributed by atoms with Gasteiger partial charge in [-0.15, -0.1) is 0 Å². The van der Waals surface area contributed by atoms with E-state index in [0.29, 0.717) is 18.7 Å². The minimum absolute atomic E-state index is 0.108. The Hall–Kier alpha value is -3.04. The fraction of sp³-hybridized carbons (Fsp3) is 0.360. The van der Waals surface area contributed by atoms with Gasteiger partial charge in [0, 0.05) is 23.5 Å². The minimum atomic E-state index is -3.03. The molecule has 1 aromatic heterocycles. The van der Waals surface area contributed by atoms with Gasteiger partial charge in [0.15, 0.2) is 9.84 Å². The lowest BCUT2D eigenvalue weighted by Crippen LogP contribution is -2.34. The maximum atomic E-state index is 13.4. The summed E-state index contributed by atoms with van der Waals surface area (Å²) in [6, 6.07) is 14.4. The van der Waals surface area contributed by atoms with E-state index in [-0.39, 0.29) is 29.3 Å². The average Bonchev–Trinajstić information content (AvgIpc) is 3.29. The zero-order valence-electron chi connectivity index (χ0n) is 19.5. The molecule has 1 fully saturated rings. The highest BCUT2D eigenvalue weighted by Gasteiger charge is 2.32. The molecule has 1 amide bonds. The Bertz CT molecular complexity index is 1270. The predicted octanol–water partition coefficient (Wildman–Crippen LogP) is 3.81. The number of nitrogens with zero attached hydrogens (tertiary/aromatic N) is 3. The smallest absolute Gasteiger partial charge is 0.246 e. The molecule has 9 heteroatoms. The number of carbonyl (C=O) groups excluding carboxylic acids is 1. The van der Waals surface area contributed by atoms with Crippen molar-refractivity contribution in [3.63, 3.8) is 0 Å². The van der Waals surface area contributed by atoms with Crippen LogP contribution >= 0.6 is 0 Å². The maximum Gasteiger partial charge on any atom is 0.246 e. The summed E-state index contributed by atoms with van der Waals surface area (Å²) in [5, 5.41) is 7.54. The van der Waals surface area contributed by atoms with Gasteiger partial charge in [-0.1, -0.05) is 30.3 Å². The lowest BCUT2D eigenvalue weighted by atomic mass is 10.0. The Balaban J connectivity index is 1.59. The van der Waals surface area contributed by atoms with Crippen LogP contribution < -0.4 is 5.32 Å². The third kappa shape index (κ3) is 5.20. The zero-order valence-corrected chi connectivity index (χ0v) is 20.3. The van der Waals surface area contributed by atoms with Gasteiger partial charge in [0.1, 0.15) is 11.9 Å². The van der Waals surface area contributed by atoms with Crippen LogP contribution in [0.15, 0.2) is 54.6 Å². The molecule has 180 valence electrons. The molecule has 3 aromatic rings. The first kappa shape index (κ1) is 24.1. The number of amides is 1. The van der Waals surface area contributed by atoms with E-state index in [1.54, 1.807) is 0 Å². The Labute approximate surface area is 199 Å². The van der Waals surface area contributed by atoms with Gasteiger partial charge >= 0.3 is 0 Å². The van der Waals surface area contributed by atoms with Gasteiger partial charge in [0.2, 0.25) is 5.91 Å². The second-order valence-electron chi connectivity index (χ2n) is 8.88. The molecule has 2 atom stereocenters. The van der Waals surface area contributed by atoms with E-state index in [0.717, 1.165) is 22.5 Å². The molecule has 0 unspecified atom stereocenters. The number of aromatic nitrogens is 2. The number of hydrogen-bond acceptors (Lipinski definition) is 5. The van der Waals surface area contributed by atoms with E-state index in [4.69, 9.17) is 0 Å². The van der Waals surface area contributed by atoms with E-state index in [1.165, 1.54) is 24.3 Å². The number of anilines is 1. The van der Waals surface area contributed by atoms with Crippen molar-refractivity contribution < 1.29 is 17.6 Å². The Kier molecular flexibility index (Phi) is 6.86. The molecule has 0 bridgehead atoms. The molecule has 7 nitrogen and oxygen atoms in total. The van der Waals surface area contributed by atoms with Crippen LogP contribution in [0.4, 0.5) is 10.1 Å². The molecule has 1 aliphatic rings. The summed E-state index contributed by atoms with van der Waals surface area (Å²) < 4.78 is 39.1. The zero-order chi connectivity index (χ0) is 24.5. The summed E-state index contributed by atoms with van der Waals surface area (Å²) in [6.07, 6.45) is 0.562. The normalized spacial score (nSPS) is 18.2. The average molecular weight is 485 g/mol. The molecular weight excluding hydrogens is 455 g/mol. The van der Waals surface area contributed by atoms with Gasteiger partial charge < -0.3 is 5.32 Å². The number of benzene rings is 2. The van der Waals surface area contributed by atoms with Crippen LogP contribution in [0.2, 0.25) is 0 Å². The first-order chi connectivity index (χ1) is 16.1. The third-order valence-corrected chi connectivity index (χ3v) is 8.10. The standard InChI is InChI=1S/C25H29FN4O3S/c1-17-23(18(2)30(28-17)22-13-14-34(32,33)16-22)15-29(3)24(19-7-5-4-6-8-19)25(31)27-21-11-9-20(26)10-12-21/h4-12,22,24H,13-16H2,1-3H3,(H,27,31)/t22-,24-/m1/s1. The van der Waals surface area contributed by atoms with Crippen LogP contribution in [0.5, 0.6) is 0 Å². The molecule has 1 N–H and O–H groups in total. The molecule has 0 saturated carbocycles. The van der Waals surface area contributed by atoms with Crippen molar-refractivity contribution in [2.45, 2.75) is 38.9 Å². The molecule has 4 rings (SSSR count). The number of rotatable bonds is 7. The van der Waals surface area contributed by atoms with E-state index >= 15 is 0 Å². The first-order valence-corrected chi connectivity index (χ1v) is 13.0. The molecule has 0 spiro atoms.